The zero-order chi connectivity index (χ0) is 13.7. The Bertz CT molecular complexity index is 406. The van der Waals surface area contributed by atoms with Gasteiger partial charge in [-0.1, -0.05) is 30.3 Å². The molecular formula is C15H22N2O2. The number of amides is 1. The van der Waals surface area contributed by atoms with Crippen LogP contribution in [0, 0.1) is 5.92 Å². The first-order valence-electron chi connectivity index (χ1n) is 6.80. The number of hydrogen-bond acceptors (Lipinski definition) is 3. The Labute approximate surface area is 114 Å². The minimum atomic E-state index is -0.553. The van der Waals surface area contributed by atoms with Crippen molar-refractivity contribution in [3.63, 3.8) is 0 Å². The van der Waals surface area contributed by atoms with Gasteiger partial charge in [0.1, 0.15) is 6.04 Å². The van der Waals surface area contributed by atoms with Crippen LogP contribution in [0.2, 0.25) is 0 Å². The molecule has 0 radical (unpaired) electrons. The lowest BCUT2D eigenvalue weighted by Crippen LogP contribution is -2.45. The van der Waals surface area contributed by atoms with Crippen LogP contribution in [0.3, 0.4) is 0 Å². The molecule has 0 spiro atoms. The van der Waals surface area contributed by atoms with E-state index < -0.39 is 6.04 Å². The van der Waals surface area contributed by atoms with Crippen LogP contribution in [0.25, 0.3) is 0 Å². The van der Waals surface area contributed by atoms with Crippen LogP contribution in [0.15, 0.2) is 30.3 Å². The molecule has 1 heterocycles. The van der Waals surface area contributed by atoms with Gasteiger partial charge in [-0.3, -0.25) is 4.79 Å². The predicted molar refractivity (Wildman–Crippen MR) is 74.6 cm³/mol. The van der Waals surface area contributed by atoms with Crippen LogP contribution in [-0.4, -0.2) is 37.6 Å². The van der Waals surface area contributed by atoms with E-state index in [0.717, 1.165) is 31.5 Å². The number of rotatable bonds is 4. The van der Waals surface area contributed by atoms with Crippen molar-refractivity contribution in [3.8, 4) is 0 Å². The fourth-order valence-corrected chi connectivity index (χ4v) is 2.64. The van der Waals surface area contributed by atoms with Gasteiger partial charge in [-0.05, 0) is 24.3 Å². The average molecular weight is 262 g/mol. The lowest BCUT2D eigenvalue weighted by molar-refractivity contribution is -0.135. The van der Waals surface area contributed by atoms with Gasteiger partial charge in [0.15, 0.2) is 0 Å². The number of piperidine rings is 1. The molecule has 104 valence electrons. The number of carbonyl (C=O) groups excluding carboxylic acids is 1. The maximum absolute atomic E-state index is 12.4. The smallest absolute Gasteiger partial charge is 0.244 e. The summed E-state index contributed by atoms with van der Waals surface area (Å²) in [4.78, 5) is 14.3. The highest BCUT2D eigenvalue weighted by Crippen LogP contribution is 2.20. The van der Waals surface area contributed by atoms with Crippen molar-refractivity contribution in [2.45, 2.75) is 18.9 Å². The van der Waals surface area contributed by atoms with E-state index in [4.69, 9.17) is 10.5 Å². The van der Waals surface area contributed by atoms with Crippen molar-refractivity contribution in [2.24, 2.45) is 11.7 Å². The molecule has 0 bridgehead atoms. The maximum atomic E-state index is 12.4. The number of carbonyl (C=O) groups is 1. The molecule has 4 heteroatoms. The second kappa shape index (κ2) is 6.68. The molecule has 1 fully saturated rings. The normalized spacial score (nSPS) is 21.2. The minimum absolute atomic E-state index is 0.0204. The molecular weight excluding hydrogens is 240 g/mol. The molecule has 0 aliphatic carbocycles. The summed E-state index contributed by atoms with van der Waals surface area (Å²) >= 11 is 0. The number of hydrogen-bond donors (Lipinski definition) is 1. The van der Waals surface area contributed by atoms with Crippen LogP contribution >= 0.6 is 0 Å². The summed E-state index contributed by atoms with van der Waals surface area (Å²) in [5, 5.41) is 0. The van der Waals surface area contributed by atoms with Crippen LogP contribution in [-0.2, 0) is 9.53 Å². The van der Waals surface area contributed by atoms with Crippen LogP contribution < -0.4 is 5.73 Å². The Hall–Kier alpha value is -1.39. The van der Waals surface area contributed by atoms with Gasteiger partial charge in [0.25, 0.3) is 0 Å². The SMILES string of the molecule is COC[C@H]1CCCN(C(=O)[C@H](N)c2ccccc2)C1. The molecule has 1 aromatic carbocycles. The second-order valence-corrected chi connectivity index (χ2v) is 5.14. The summed E-state index contributed by atoms with van der Waals surface area (Å²) in [6.45, 7) is 2.27. The summed E-state index contributed by atoms with van der Waals surface area (Å²) in [6.07, 6.45) is 2.15. The van der Waals surface area contributed by atoms with E-state index in [1.54, 1.807) is 7.11 Å². The molecule has 1 aliphatic heterocycles. The number of ether oxygens (including phenoxy) is 1. The molecule has 2 N–H and O–H groups in total. The van der Waals surface area contributed by atoms with Crippen LogP contribution in [0.5, 0.6) is 0 Å². The van der Waals surface area contributed by atoms with Crippen molar-refractivity contribution in [2.75, 3.05) is 26.8 Å². The molecule has 1 aliphatic rings. The van der Waals surface area contributed by atoms with Crippen molar-refractivity contribution in [1.29, 1.82) is 0 Å². The van der Waals surface area contributed by atoms with E-state index in [1.807, 2.05) is 35.2 Å². The van der Waals surface area contributed by atoms with Gasteiger partial charge < -0.3 is 15.4 Å². The Morgan fingerprint density at radius 2 is 2.21 bits per heavy atom. The third-order valence-corrected chi connectivity index (χ3v) is 3.66. The number of nitrogens with two attached hydrogens (primary N) is 1. The number of likely N-dealkylation sites (tertiary alicyclic amines) is 1. The number of methoxy groups -OCH3 is 1. The lowest BCUT2D eigenvalue weighted by atomic mass is 9.97. The van der Waals surface area contributed by atoms with Gasteiger partial charge >= 0.3 is 0 Å². The molecule has 2 rings (SSSR count). The molecule has 1 saturated heterocycles. The van der Waals surface area contributed by atoms with Gasteiger partial charge in [-0.15, -0.1) is 0 Å². The topological polar surface area (TPSA) is 55.6 Å². The number of nitrogens with zero attached hydrogens (tertiary/aromatic N) is 1. The van der Waals surface area contributed by atoms with E-state index in [2.05, 4.69) is 0 Å². The van der Waals surface area contributed by atoms with Gasteiger partial charge in [0, 0.05) is 20.2 Å². The van der Waals surface area contributed by atoms with E-state index >= 15 is 0 Å². The third kappa shape index (κ3) is 3.55. The Morgan fingerprint density at radius 1 is 1.47 bits per heavy atom. The monoisotopic (exact) mass is 262 g/mol. The Kier molecular flexibility index (Phi) is 4.93. The summed E-state index contributed by atoms with van der Waals surface area (Å²) < 4.78 is 5.19. The summed E-state index contributed by atoms with van der Waals surface area (Å²) in [5.41, 5.74) is 6.94. The zero-order valence-corrected chi connectivity index (χ0v) is 11.4. The average Bonchev–Trinajstić information content (AvgIpc) is 2.47. The fraction of sp³-hybridized carbons (Fsp3) is 0.533. The first kappa shape index (κ1) is 14.0. The molecule has 1 aromatic rings. The lowest BCUT2D eigenvalue weighted by Gasteiger charge is -2.34. The highest BCUT2D eigenvalue weighted by atomic mass is 16.5. The van der Waals surface area contributed by atoms with Crippen molar-refractivity contribution in [1.82, 2.24) is 4.90 Å². The van der Waals surface area contributed by atoms with Crippen molar-refractivity contribution in [3.05, 3.63) is 35.9 Å². The summed E-state index contributed by atoms with van der Waals surface area (Å²) in [7, 11) is 1.70. The first-order valence-corrected chi connectivity index (χ1v) is 6.80. The minimum Gasteiger partial charge on any atom is -0.384 e. The van der Waals surface area contributed by atoms with Gasteiger partial charge in [-0.25, -0.2) is 0 Å². The van der Waals surface area contributed by atoms with E-state index in [-0.39, 0.29) is 5.91 Å². The quantitative estimate of drug-likeness (QED) is 0.896. The zero-order valence-electron chi connectivity index (χ0n) is 11.4. The van der Waals surface area contributed by atoms with Crippen molar-refractivity contribution >= 4 is 5.91 Å². The molecule has 19 heavy (non-hydrogen) atoms. The molecule has 0 aromatic heterocycles. The number of benzene rings is 1. The molecule has 2 atom stereocenters. The standard InChI is InChI=1S/C15H22N2O2/c1-19-11-12-6-5-9-17(10-12)15(18)14(16)13-7-3-2-4-8-13/h2-4,7-8,12,14H,5-6,9-11,16H2,1H3/t12-,14+/m0/s1. The third-order valence-electron chi connectivity index (χ3n) is 3.66. The highest BCUT2D eigenvalue weighted by molar-refractivity contribution is 5.83. The maximum Gasteiger partial charge on any atom is 0.244 e. The molecule has 0 unspecified atom stereocenters. The molecule has 1 amide bonds. The van der Waals surface area contributed by atoms with Crippen LogP contribution in [0.4, 0.5) is 0 Å². The van der Waals surface area contributed by atoms with E-state index in [0.29, 0.717) is 12.5 Å². The van der Waals surface area contributed by atoms with E-state index in [9.17, 15) is 4.79 Å². The van der Waals surface area contributed by atoms with Gasteiger partial charge in [-0.2, -0.15) is 0 Å². The highest BCUT2D eigenvalue weighted by Gasteiger charge is 2.27. The van der Waals surface area contributed by atoms with Crippen LogP contribution in [0.1, 0.15) is 24.4 Å². The fourth-order valence-electron chi connectivity index (χ4n) is 2.64. The Morgan fingerprint density at radius 3 is 2.89 bits per heavy atom. The second-order valence-electron chi connectivity index (χ2n) is 5.14. The molecule has 0 saturated carbocycles. The predicted octanol–water partition coefficient (Wildman–Crippen LogP) is 1.57. The van der Waals surface area contributed by atoms with E-state index in [1.165, 1.54) is 0 Å². The summed E-state index contributed by atoms with van der Waals surface area (Å²) in [5.74, 6) is 0.456. The van der Waals surface area contributed by atoms with Crippen molar-refractivity contribution < 1.29 is 9.53 Å². The van der Waals surface area contributed by atoms with Gasteiger partial charge in [0.2, 0.25) is 5.91 Å². The Balaban J connectivity index is 1.99. The largest absolute Gasteiger partial charge is 0.384 e. The first-order chi connectivity index (χ1) is 9.22. The van der Waals surface area contributed by atoms with Gasteiger partial charge in [0.05, 0.1) is 6.61 Å². The summed E-state index contributed by atoms with van der Waals surface area (Å²) in [6, 6.07) is 9.00. The molecule has 4 nitrogen and oxygen atoms in total.